The van der Waals surface area contributed by atoms with Crippen molar-refractivity contribution in [1.29, 1.82) is 0 Å². The molecule has 0 aliphatic carbocycles. The maximum atomic E-state index is 12.3. The minimum absolute atomic E-state index is 0.132. The first-order valence-corrected chi connectivity index (χ1v) is 7.86. The Hall–Kier alpha value is -2.06. The Balaban J connectivity index is 2.56. The Labute approximate surface area is 143 Å². The van der Waals surface area contributed by atoms with Crippen molar-refractivity contribution in [3.63, 3.8) is 0 Å². The molecule has 142 valence electrons. The fraction of sp³-hybridized carbons (Fsp3) is 0.688. The fourth-order valence-corrected chi connectivity index (χ4v) is 2.78. The summed E-state index contributed by atoms with van der Waals surface area (Å²) in [4.78, 5) is 34.6. The number of hydrogen-bond donors (Lipinski definition) is 0. The number of rotatable bonds is 7. The van der Waals surface area contributed by atoms with Gasteiger partial charge < -0.3 is 14.2 Å². The van der Waals surface area contributed by atoms with Crippen molar-refractivity contribution >= 4 is 17.9 Å². The third-order valence-electron chi connectivity index (χ3n) is 4.09. The summed E-state index contributed by atoms with van der Waals surface area (Å²) in [6.45, 7) is 6.80. The number of halogens is 3. The zero-order valence-corrected chi connectivity index (χ0v) is 14.2. The molecule has 0 saturated carbocycles. The number of alkyl halides is 3. The van der Waals surface area contributed by atoms with Crippen LogP contribution in [0.2, 0.25) is 0 Å². The van der Waals surface area contributed by atoms with Crippen LogP contribution in [0.25, 0.3) is 0 Å². The zero-order valence-electron chi connectivity index (χ0n) is 14.2. The molecule has 1 heterocycles. The third-order valence-corrected chi connectivity index (χ3v) is 4.09. The number of cyclic esters (lactones) is 1. The van der Waals surface area contributed by atoms with Crippen molar-refractivity contribution in [3.8, 4) is 0 Å². The van der Waals surface area contributed by atoms with Gasteiger partial charge in [-0.1, -0.05) is 20.4 Å². The van der Waals surface area contributed by atoms with E-state index in [-0.39, 0.29) is 17.8 Å². The fourth-order valence-electron chi connectivity index (χ4n) is 2.78. The van der Waals surface area contributed by atoms with Crippen molar-refractivity contribution in [2.75, 3.05) is 6.61 Å². The summed E-state index contributed by atoms with van der Waals surface area (Å²) >= 11 is 0. The lowest BCUT2D eigenvalue weighted by Gasteiger charge is -2.24. The van der Waals surface area contributed by atoms with Gasteiger partial charge in [-0.15, -0.1) is 0 Å². The van der Waals surface area contributed by atoms with Crippen LogP contribution in [0.5, 0.6) is 0 Å². The Bertz CT molecular complexity index is 542. The van der Waals surface area contributed by atoms with Crippen LogP contribution in [0.15, 0.2) is 12.2 Å². The molecule has 0 aromatic heterocycles. The van der Waals surface area contributed by atoms with E-state index in [1.54, 1.807) is 0 Å². The predicted octanol–water partition coefficient (Wildman–Crippen LogP) is 2.56. The first-order chi connectivity index (χ1) is 11.5. The molecule has 1 fully saturated rings. The van der Waals surface area contributed by atoms with Crippen LogP contribution >= 0.6 is 0 Å². The topological polar surface area (TPSA) is 78.9 Å². The van der Waals surface area contributed by atoms with Gasteiger partial charge in [0.15, 0.2) is 6.61 Å². The van der Waals surface area contributed by atoms with Crippen molar-refractivity contribution in [3.05, 3.63) is 12.2 Å². The van der Waals surface area contributed by atoms with Gasteiger partial charge in [-0.3, -0.25) is 4.79 Å². The average molecular weight is 366 g/mol. The van der Waals surface area contributed by atoms with Crippen LogP contribution in [0.4, 0.5) is 13.2 Å². The number of carbonyl (C=O) groups is 3. The van der Waals surface area contributed by atoms with Gasteiger partial charge in [-0.05, 0) is 19.8 Å². The second-order valence-electron chi connectivity index (χ2n) is 5.74. The van der Waals surface area contributed by atoms with Crippen LogP contribution in [0.1, 0.15) is 33.6 Å². The van der Waals surface area contributed by atoms with Crippen LogP contribution in [0.3, 0.4) is 0 Å². The molecule has 0 amide bonds. The zero-order chi connectivity index (χ0) is 19.4. The molecule has 4 unspecified atom stereocenters. The van der Waals surface area contributed by atoms with E-state index in [2.05, 4.69) is 11.3 Å². The van der Waals surface area contributed by atoms with E-state index in [1.807, 2.05) is 13.8 Å². The maximum Gasteiger partial charge on any atom is 0.422 e. The van der Waals surface area contributed by atoms with Gasteiger partial charge in [0, 0.05) is 5.92 Å². The summed E-state index contributed by atoms with van der Waals surface area (Å²) in [7, 11) is 0. The largest absolute Gasteiger partial charge is 0.458 e. The van der Waals surface area contributed by atoms with E-state index in [0.29, 0.717) is 12.8 Å². The van der Waals surface area contributed by atoms with Gasteiger partial charge in [-0.2, -0.15) is 13.2 Å². The second kappa shape index (κ2) is 8.35. The van der Waals surface area contributed by atoms with E-state index >= 15 is 0 Å². The van der Waals surface area contributed by atoms with Crippen molar-refractivity contribution in [2.24, 2.45) is 11.8 Å². The molecule has 0 bridgehead atoms. The monoisotopic (exact) mass is 366 g/mol. The second-order valence-corrected chi connectivity index (χ2v) is 5.74. The number of carbonyl (C=O) groups excluding carboxylic acids is 3. The Morgan fingerprint density at radius 1 is 1.28 bits per heavy atom. The molecular weight excluding hydrogens is 345 g/mol. The van der Waals surface area contributed by atoms with Gasteiger partial charge in [-0.25, -0.2) is 9.59 Å². The van der Waals surface area contributed by atoms with E-state index in [0.717, 1.165) is 0 Å². The lowest BCUT2D eigenvalue weighted by atomic mass is 9.85. The number of esters is 3. The molecule has 0 radical (unpaired) electrons. The summed E-state index contributed by atoms with van der Waals surface area (Å²) in [6, 6.07) is 0. The van der Waals surface area contributed by atoms with Crippen LogP contribution in [-0.2, 0) is 28.6 Å². The standard InChI is InChI=1S/C16H21F3O6/c1-5-10-11(6-2)15(22)25-13(10)9(4)24-12(20)7-23-14(21)8(3)16(17,18)19/h9-11,13H,3,5-7H2,1-2,4H3. The Morgan fingerprint density at radius 3 is 2.36 bits per heavy atom. The molecule has 1 aliphatic heterocycles. The molecule has 0 aromatic carbocycles. The van der Waals surface area contributed by atoms with Gasteiger partial charge in [0.25, 0.3) is 0 Å². The van der Waals surface area contributed by atoms with Gasteiger partial charge in [0.2, 0.25) is 0 Å². The average Bonchev–Trinajstić information content (AvgIpc) is 2.86. The first-order valence-electron chi connectivity index (χ1n) is 7.86. The lowest BCUT2D eigenvalue weighted by molar-refractivity contribution is -0.170. The highest BCUT2D eigenvalue weighted by atomic mass is 19.4. The smallest absolute Gasteiger partial charge is 0.422 e. The molecule has 1 aliphatic rings. The maximum absolute atomic E-state index is 12.3. The summed E-state index contributed by atoms with van der Waals surface area (Å²) in [5.74, 6) is -3.57. The molecule has 9 heteroatoms. The van der Waals surface area contributed by atoms with E-state index in [4.69, 9.17) is 9.47 Å². The van der Waals surface area contributed by atoms with Crippen LogP contribution < -0.4 is 0 Å². The quantitative estimate of drug-likeness (QED) is 0.391. The number of ether oxygens (including phenoxy) is 3. The van der Waals surface area contributed by atoms with Crippen LogP contribution in [0, 0.1) is 11.8 Å². The molecule has 1 rings (SSSR count). The highest BCUT2D eigenvalue weighted by Gasteiger charge is 2.46. The highest BCUT2D eigenvalue weighted by molar-refractivity contribution is 5.90. The highest BCUT2D eigenvalue weighted by Crippen LogP contribution is 2.35. The van der Waals surface area contributed by atoms with E-state index < -0.39 is 42.5 Å². The molecular formula is C16H21F3O6. The summed E-state index contributed by atoms with van der Waals surface area (Å²) in [6.07, 6.45) is -5.17. The molecule has 0 aromatic rings. The predicted molar refractivity (Wildman–Crippen MR) is 79.2 cm³/mol. The molecule has 25 heavy (non-hydrogen) atoms. The lowest BCUT2D eigenvalue weighted by Crippen LogP contribution is -2.35. The van der Waals surface area contributed by atoms with Crippen molar-refractivity contribution in [1.82, 2.24) is 0 Å². The van der Waals surface area contributed by atoms with Crippen molar-refractivity contribution < 1.29 is 41.8 Å². The molecule has 6 nitrogen and oxygen atoms in total. The summed E-state index contributed by atoms with van der Waals surface area (Å²) < 4.78 is 51.3. The van der Waals surface area contributed by atoms with Crippen LogP contribution in [-0.4, -0.2) is 42.9 Å². The Morgan fingerprint density at radius 2 is 1.88 bits per heavy atom. The van der Waals surface area contributed by atoms with Gasteiger partial charge in [0.1, 0.15) is 17.8 Å². The van der Waals surface area contributed by atoms with Gasteiger partial charge in [0.05, 0.1) is 5.92 Å². The summed E-state index contributed by atoms with van der Waals surface area (Å²) in [5.41, 5.74) is -1.71. The van der Waals surface area contributed by atoms with E-state index in [1.165, 1.54) is 6.92 Å². The summed E-state index contributed by atoms with van der Waals surface area (Å²) in [5, 5.41) is 0. The van der Waals surface area contributed by atoms with Crippen molar-refractivity contribution in [2.45, 2.75) is 52.0 Å². The first kappa shape index (κ1) is 21.0. The normalized spacial score (nSPS) is 24.4. The molecule has 0 spiro atoms. The molecule has 1 saturated heterocycles. The minimum atomic E-state index is -4.93. The number of hydrogen-bond acceptors (Lipinski definition) is 6. The third kappa shape index (κ3) is 5.20. The SMILES string of the molecule is C=C(C(=O)OCC(=O)OC(C)C1OC(=O)C(CC)C1CC)C(F)(F)F. The molecule has 4 atom stereocenters. The van der Waals surface area contributed by atoms with E-state index in [9.17, 15) is 27.6 Å². The minimum Gasteiger partial charge on any atom is -0.458 e. The molecule has 0 N–H and O–H groups in total. The van der Waals surface area contributed by atoms with Gasteiger partial charge >= 0.3 is 24.1 Å². The Kier molecular flexibility index (Phi) is 7.01.